The Hall–Kier alpha value is -3.11. The smallest absolute Gasteiger partial charge is 0.243 e. The second kappa shape index (κ2) is 11.2. The van der Waals surface area contributed by atoms with E-state index in [4.69, 9.17) is 9.47 Å². The highest BCUT2D eigenvalue weighted by atomic mass is 32.2. The van der Waals surface area contributed by atoms with Gasteiger partial charge in [-0.3, -0.25) is 9.59 Å². The first-order chi connectivity index (χ1) is 15.8. The van der Waals surface area contributed by atoms with Gasteiger partial charge in [0, 0.05) is 51.6 Å². The molecule has 10 heteroatoms. The Bertz CT molecular complexity index is 1040. The van der Waals surface area contributed by atoms with E-state index in [1.54, 1.807) is 67.7 Å². The molecule has 0 bridgehead atoms. The summed E-state index contributed by atoms with van der Waals surface area (Å²) in [6.45, 7) is 1.35. The van der Waals surface area contributed by atoms with Crippen LogP contribution in [0.4, 0.5) is 0 Å². The molecule has 2 aromatic rings. The summed E-state index contributed by atoms with van der Waals surface area (Å²) >= 11 is 0. The van der Waals surface area contributed by atoms with Crippen molar-refractivity contribution in [3.63, 3.8) is 0 Å². The zero-order chi connectivity index (χ0) is 23.8. The number of hydrogen-bond donors (Lipinski definition) is 1. The van der Waals surface area contributed by atoms with Crippen LogP contribution in [-0.2, 0) is 26.2 Å². The number of benzene rings is 2. The van der Waals surface area contributed by atoms with Gasteiger partial charge in [0.1, 0.15) is 11.5 Å². The fourth-order valence-electron chi connectivity index (χ4n) is 3.56. The van der Waals surface area contributed by atoms with Crippen LogP contribution in [0.15, 0.2) is 53.4 Å². The van der Waals surface area contributed by atoms with Crippen molar-refractivity contribution in [1.29, 1.82) is 0 Å². The highest BCUT2D eigenvalue weighted by Crippen LogP contribution is 2.22. The topological polar surface area (TPSA) is 105 Å². The fraction of sp³-hybridized carbons (Fsp3) is 0.391. The molecule has 2 amide bonds. The number of piperazine rings is 1. The number of methoxy groups -OCH3 is 2. The first kappa shape index (κ1) is 24.5. The molecule has 1 aliphatic heterocycles. The largest absolute Gasteiger partial charge is 0.497 e. The quantitative estimate of drug-likeness (QED) is 0.591. The third-order valence-electron chi connectivity index (χ3n) is 5.44. The lowest BCUT2D eigenvalue weighted by molar-refractivity contribution is -0.134. The van der Waals surface area contributed by atoms with Crippen molar-refractivity contribution in [2.75, 3.05) is 40.4 Å². The summed E-state index contributed by atoms with van der Waals surface area (Å²) < 4.78 is 37.2. The zero-order valence-corrected chi connectivity index (χ0v) is 19.6. The van der Waals surface area contributed by atoms with E-state index in [0.717, 1.165) is 5.56 Å². The third kappa shape index (κ3) is 6.45. The van der Waals surface area contributed by atoms with Gasteiger partial charge in [0.25, 0.3) is 0 Å². The average molecular weight is 476 g/mol. The van der Waals surface area contributed by atoms with Gasteiger partial charge in [0.05, 0.1) is 19.1 Å². The molecule has 3 rings (SSSR count). The Morgan fingerprint density at radius 3 is 2.09 bits per heavy atom. The number of nitrogens with zero attached hydrogens (tertiary/aromatic N) is 2. The Kier molecular flexibility index (Phi) is 8.29. The first-order valence-corrected chi connectivity index (χ1v) is 12.1. The number of nitrogens with one attached hydrogen (secondary N) is 1. The Morgan fingerprint density at radius 2 is 1.52 bits per heavy atom. The maximum atomic E-state index is 12.7. The number of sulfonamides is 1. The maximum absolute atomic E-state index is 12.7. The molecule has 1 saturated heterocycles. The molecular weight excluding hydrogens is 446 g/mol. The monoisotopic (exact) mass is 475 g/mol. The van der Waals surface area contributed by atoms with Crippen LogP contribution in [0, 0.1) is 0 Å². The summed E-state index contributed by atoms with van der Waals surface area (Å²) in [6.07, 6.45) is 0.126. The van der Waals surface area contributed by atoms with E-state index >= 15 is 0 Å². The lowest BCUT2D eigenvalue weighted by Gasteiger charge is -2.34. The van der Waals surface area contributed by atoms with Crippen LogP contribution in [-0.4, -0.2) is 69.8 Å². The molecule has 1 N–H and O–H groups in total. The van der Waals surface area contributed by atoms with Crippen molar-refractivity contribution in [3.05, 3.63) is 54.1 Å². The lowest BCUT2D eigenvalue weighted by atomic mass is 10.2. The number of amides is 2. The van der Waals surface area contributed by atoms with Crippen LogP contribution < -0.4 is 14.8 Å². The first-order valence-electron chi connectivity index (χ1n) is 10.6. The molecule has 33 heavy (non-hydrogen) atoms. The molecule has 0 aromatic heterocycles. The molecule has 0 saturated carbocycles. The Morgan fingerprint density at radius 1 is 0.909 bits per heavy atom. The molecule has 1 heterocycles. The van der Waals surface area contributed by atoms with Gasteiger partial charge in [-0.05, 0) is 29.8 Å². The molecule has 1 fully saturated rings. The molecule has 9 nitrogen and oxygen atoms in total. The fourth-order valence-corrected chi connectivity index (χ4v) is 5.00. The van der Waals surface area contributed by atoms with Gasteiger partial charge < -0.3 is 19.7 Å². The number of rotatable bonds is 9. The van der Waals surface area contributed by atoms with Crippen molar-refractivity contribution in [2.24, 2.45) is 0 Å². The number of ether oxygens (including phenoxy) is 2. The molecule has 2 aromatic carbocycles. The van der Waals surface area contributed by atoms with Crippen LogP contribution in [0.5, 0.6) is 11.5 Å². The summed E-state index contributed by atoms with van der Waals surface area (Å²) in [5, 5.41) is 2.80. The van der Waals surface area contributed by atoms with Crippen molar-refractivity contribution in [1.82, 2.24) is 14.5 Å². The Balaban J connectivity index is 1.44. The summed E-state index contributed by atoms with van der Waals surface area (Å²) in [6, 6.07) is 13.6. The highest BCUT2D eigenvalue weighted by Gasteiger charge is 2.29. The van der Waals surface area contributed by atoms with Crippen LogP contribution in [0.3, 0.4) is 0 Å². The minimum absolute atomic E-state index is 0.0580. The maximum Gasteiger partial charge on any atom is 0.243 e. The minimum Gasteiger partial charge on any atom is -0.497 e. The standard InChI is InChI=1S/C23H29N3O6S/c1-31-19-14-18(15-20(16-19)32-2)17-24-22(27)8-9-23(28)25-10-12-26(13-11-25)33(29,30)21-6-4-3-5-7-21/h3-7,14-16H,8-13,17H2,1-2H3,(H,24,27). The van der Waals surface area contributed by atoms with Gasteiger partial charge in [0.15, 0.2) is 0 Å². The summed E-state index contributed by atoms with van der Waals surface area (Å²) in [7, 11) is -0.457. The molecule has 1 aliphatic rings. The second-order valence-electron chi connectivity index (χ2n) is 7.60. The van der Waals surface area contributed by atoms with Gasteiger partial charge in [-0.2, -0.15) is 4.31 Å². The number of carbonyl (C=O) groups is 2. The normalized spacial score (nSPS) is 14.5. The summed E-state index contributed by atoms with van der Waals surface area (Å²) in [4.78, 5) is 26.6. The van der Waals surface area contributed by atoms with Crippen molar-refractivity contribution in [3.8, 4) is 11.5 Å². The van der Waals surface area contributed by atoms with Crippen LogP contribution in [0.2, 0.25) is 0 Å². The molecular formula is C23H29N3O6S. The summed E-state index contributed by atoms with van der Waals surface area (Å²) in [5.41, 5.74) is 0.821. The predicted molar refractivity (Wildman–Crippen MR) is 122 cm³/mol. The van der Waals surface area contributed by atoms with E-state index in [-0.39, 0.29) is 49.2 Å². The van der Waals surface area contributed by atoms with Crippen molar-refractivity contribution < 1.29 is 27.5 Å². The molecule has 0 unspecified atom stereocenters. The SMILES string of the molecule is COc1cc(CNC(=O)CCC(=O)N2CCN(S(=O)(=O)c3ccccc3)CC2)cc(OC)c1. The van der Waals surface area contributed by atoms with Gasteiger partial charge in [0.2, 0.25) is 21.8 Å². The molecule has 0 radical (unpaired) electrons. The van der Waals surface area contributed by atoms with E-state index in [2.05, 4.69) is 5.32 Å². The third-order valence-corrected chi connectivity index (χ3v) is 7.35. The van der Waals surface area contributed by atoms with Crippen LogP contribution >= 0.6 is 0 Å². The van der Waals surface area contributed by atoms with E-state index in [9.17, 15) is 18.0 Å². The molecule has 178 valence electrons. The van der Waals surface area contributed by atoms with E-state index in [1.807, 2.05) is 0 Å². The molecule has 0 spiro atoms. The predicted octanol–water partition coefficient (Wildman–Crippen LogP) is 1.63. The number of carbonyl (C=O) groups excluding carboxylic acids is 2. The average Bonchev–Trinajstić information content (AvgIpc) is 2.86. The minimum atomic E-state index is -3.57. The van der Waals surface area contributed by atoms with Crippen LogP contribution in [0.1, 0.15) is 18.4 Å². The number of hydrogen-bond acceptors (Lipinski definition) is 6. The van der Waals surface area contributed by atoms with Gasteiger partial charge in [-0.15, -0.1) is 0 Å². The van der Waals surface area contributed by atoms with Crippen molar-refractivity contribution >= 4 is 21.8 Å². The van der Waals surface area contributed by atoms with Crippen LogP contribution in [0.25, 0.3) is 0 Å². The Labute approximate surface area is 194 Å². The summed E-state index contributed by atoms with van der Waals surface area (Å²) in [5.74, 6) is 0.852. The van der Waals surface area contributed by atoms with Gasteiger partial charge in [-0.1, -0.05) is 18.2 Å². The van der Waals surface area contributed by atoms with Crippen molar-refractivity contribution in [2.45, 2.75) is 24.3 Å². The van der Waals surface area contributed by atoms with E-state index in [1.165, 1.54) is 4.31 Å². The highest BCUT2D eigenvalue weighted by molar-refractivity contribution is 7.89. The van der Waals surface area contributed by atoms with Gasteiger partial charge >= 0.3 is 0 Å². The zero-order valence-electron chi connectivity index (χ0n) is 18.8. The van der Waals surface area contributed by atoms with E-state index in [0.29, 0.717) is 24.6 Å². The second-order valence-corrected chi connectivity index (χ2v) is 9.53. The van der Waals surface area contributed by atoms with E-state index < -0.39 is 10.0 Å². The van der Waals surface area contributed by atoms with Gasteiger partial charge in [-0.25, -0.2) is 8.42 Å². The molecule has 0 aliphatic carbocycles. The molecule has 0 atom stereocenters. The lowest BCUT2D eigenvalue weighted by Crippen LogP contribution is -2.50.